The molecule has 11 nitrogen and oxygen atoms in total. The predicted octanol–water partition coefficient (Wildman–Crippen LogP) is 0.405. The summed E-state index contributed by atoms with van der Waals surface area (Å²) < 4.78 is 17.2. The van der Waals surface area contributed by atoms with Gasteiger partial charge in [0.05, 0.1) is 6.10 Å². The third-order valence-corrected chi connectivity index (χ3v) is 3.65. The summed E-state index contributed by atoms with van der Waals surface area (Å²) >= 11 is 0. The summed E-state index contributed by atoms with van der Waals surface area (Å²) in [4.78, 5) is 45.3. The van der Waals surface area contributed by atoms with E-state index in [-0.39, 0.29) is 12.7 Å². The number of H-pyrrole nitrogens is 1. The van der Waals surface area contributed by atoms with E-state index < -0.39 is 35.2 Å². The molecule has 1 fully saturated rings. The van der Waals surface area contributed by atoms with Gasteiger partial charge in [-0.3, -0.25) is 14.3 Å². The van der Waals surface area contributed by atoms with E-state index in [1.165, 1.54) is 23.9 Å². The Morgan fingerprint density at radius 1 is 1.35 bits per heavy atom. The van der Waals surface area contributed by atoms with E-state index in [0.29, 0.717) is 12.8 Å². The molecular formula is C15H22N2O9. The van der Waals surface area contributed by atoms with Gasteiger partial charge in [0, 0.05) is 19.4 Å². The van der Waals surface area contributed by atoms with Crippen molar-refractivity contribution in [2.45, 2.75) is 44.6 Å². The average molecular weight is 374 g/mol. The van der Waals surface area contributed by atoms with Gasteiger partial charge in [-0.15, -0.1) is 0 Å². The first-order valence-electron chi connectivity index (χ1n) is 7.68. The highest BCUT2D eigenvalue weighted by Crippen LogP contribution is 2.27. The van der Waals surface area contributed by atoms with Crippen molar-refractivity contribution >= 4 is 12.1 Å². The Balaban J connectivity index is 0.000000765. The van der Waals surface area contributed by atoms with Gasteiger partial charge in [0.15, 0.2) is 5.60 Å². The molecule has 2 rings (SSSR count). The monoisotopic (exact) mass is 374 g/mol. The van der Waals surface area contributed by atoms with Crippen LogP contribution in [-0.4, -0.2) is 57.3 Å². The molecule has 2 heterocycles. The van der Waals surface area contributed by atoms with Crippen molar-refractivity contribution in [2.75, 3.05) is 13.7 Å². The second-order valence-corrected chi connectivity index (χ2v) is 5.90. The number of aromatic amines is 1. The Morgan fingerprint density at radius 3 is 2.50 bits per heavy atom. The minimum atomic E-state index is -1.83. The Kier molecular flexibility index (Phi) is 7.53. The molecule has 146 valence electrons. The molecule has 1 aliphatic rings. The highest BCUT2D eigenvalue weighted by atomic mass is 16.6. The minimum absolute atomic E-state index is 0.0974. The first-order valence-corrected chi connectivity index (χ1v) is 7.68. The van der Waals surface area contributed by atoms with Crippen LogP contribution in [0.1, 0.15) is 32.9 Å². The molecule has 1 aliphatic heterocycles. The zero-order chi connectivity index (χ0) is 19.9. The Morgan fingerprint density at radius 2 is 1.96 bits per heavy atom. The molecule has 2 atom stereocenters. The fraction of sp³-hybridized carbons (Fsp3) is 0.600. The molecule has 0 amide bonds. The van der Waals surface area contributed by atoms with Gasteiger partial charge >= 0.3 is 17.8 Å². The Labute approximate surface area is 148 Å². The van der Waals surface area contributed by atoms with Crippen LogP contribution in [0.5, 0.6) is 0 Å². The topological polar surface area (TPSA) is 157 Å². The standard InChI is InChI=1S/C14H20N2O6.CH2O3/c1-14(2,20-3)12(18)21-8-9-4-5-11(22-9)16-7-6-10(17)15-13(16)19;2-1(3)4/h6-7,9,11H,4-5,8H2,1-3H3,(H,15,17,19);(H2,2,3,4). The van der Waals surface area contributed by atoms with Crippen molar-refractivity contribution in [3.05, 3.63) is 33.1 Å². The lowest BCUT2D eigenvalue weighted by Crippen LogP contribution is -2.37. The molecule has 0 aliphatic carbocycles. The van der Waals surface area contributed by atoms with Crippen LogP contribution < -0.4 is 11.2 Å². The normalized spacial score (nSPS) is 19.3. The number of carboxylic acid groups (broad SMARTS) is 2. The highest BCUT2D eigenvalue weighted by molar-refractivity contribution is 5.78. The molecule has 3 N–H and O–H groups in total. The van der Waals surface area contributed by atoms with E-state index >= 15 is 0 Å². The molecule has 26 heavy (non-hydrogen) atoms. The number of nitrogens with one attached hydrogen (secondary N) is 1. The van der Waals surface area contributed by atoms with Crippen LogP contribution in [0.4, 0.5) is 4.79 Å². The van der Waals surface area contributed by atoms with Crippen LogP contribution >= 0.6 is 0 Å². The quantitative estimate of drug-likeness (QED) is 0.621. The maximum atomic E-state index is 11.8. The fourth-order valence-electron chi connectivity index (χ4n) is 2.09. The number of rotatable bonds is 5. The average Bonchev–Trinajstić information content (AvgIpc) is 3.00. The van der Waals surface area contributed by atoms with Crippen molar-refractivity contribution < 1.29 is 34.0 Å². The van der Waals surface area contributed by atoms with Gasteiger partial charge in [0.25, 0.3) is 5.56 Å². The van der Waals surface area contributed by atoms with Gasteiger partial charge in [-0.2, -0.15) is 0 Å². The predicted molar refractivity (Wildman–Crippen MR) is 87.2 cm³/mol. The van der Waals surface area contributed by atoms with E-state index in [1.807, 2.05) is 0 Å². The number of ether oxygens (including phenoxy) is 3. The van der Waals surface area contributed by atoms with Gasteiger partial charge in [-0.1, -0.05) is 0 Å². The van der Waals surface area contributed by atoms with Gasteiger partial charge < -0.3 is 24.4 Å². The van der Waals surface area contributed by atoms with Crippen molar-refractivity contribution in [1.29, 1.82) is 0 Å². The minimum Gasteiger partial charge on any atom is -0.461 e. The van der Waals surface area contributed by atoms with E-state index in [4.69, 9.17) is 29.2 Å². The number of nitrogens with zero attached hydrogens (tertiary/aromatic N) is 1. The number of carbonyl (C=O) groups excluding carboxylic acids is 1. The number of methoxy groups -OCH3 is 1. The first-order chi connectivity index (χ1) is 12.1. The van der Waals surface area contributed by atoms with E-state index in [9.17, 15) is 14.4 Å². The molecule has 2 unspecified atom stereocenters. The van der Waals surface area contributed by atoms with Crippen molar-refractivity contribution in [2.24, 2.45) is 0 Å². The summed E-state index contributed by atoms with van der Waals surface area (Å²) in [5.41, 5.74) is -1.98. The van der Waals surface area contributed by atoms with Crippen LogP contribution in [0.25, 0.3) is 0 Å². The van der Waals surface area contributed by atoms with Crippen molar-refractivity contribution in [3.63, 3.8) is 0 Å². The third kappa shape index (κ3) is 6.33. The van der Waals surface area contributed by atoms with Crippen LogP contribution in [0.3, 0.4) is 0 Å². The molecule has 1 saturated heterocycles. The molecule has 0 aromatic carbocycles. The number of hydrogen-bond acceptors (Lipinski definition) is 7. The Bertz CT molecular complexity index is 733. The highest BCUT2D eigenvalue weighted by Gasteiger charge is 2.32. The van der Waals surface area contributed by atoms with Crippen molar-refractivity contribution in [1.82, 2.24) is 9.55 Å². The molecular weight excluding hydrogens is 352 g/mol. The molecule has 0 spiro atoms. The number of esters is 1. The summed E-state index contributed by atoms with van der Waals surface area (Å²) in [6, 6.07) is 1.26. The molecule has 1 aromatic heterocycles. The summed E-state index contributed by atoms with van der Waals surface area (Å²) in [6.07, 6.45) is 0.0523. The second kappa shape index (κ2) is 9.15. The van der Waals surface area contributed by atoms with Crippen molar-refractivity contribution in [3.8, 4) is 0 Å². The fourth-order valence-corrected chi connectivity index (χ4v) is 2.09. The number of carbonyl (C=O) groups is 2. The summed E-state index contributed by atoms with van der Waals surface area (Å²) in [5.74, 6) is -0.469. The van der Waals surface area contributed by atoms with Crippen LogP contribution in [0, 0.1) is 0 Å². The summed E-state index contributed by atoms with van der Waals surface area (Å²) in [6.45, 7) is 3.33. The maximum absolute atomic E-state index is 11.8. The second-order valence-electron chi connectivity index (χ2n) is 5.90. The van der Waals surface area contributed by atoms with Gasteiger partial charge in [0.1, 0.15) is 12.8 Å². The summed E-state index contributed by atoms with van der Waals surface area (Å²) in [7, 11) is 1.44. The smallest absolute Gasteiger partial charge is 0.461 e. The molecule has 1 aromatic rings. The number of aromatic nitrogens is 2. The lowest BCUT2D eigenvalue weighted by molar-refractivity contribution is -0.169. The lowest BCUT2D eigenvalue weighted by atomic mass is 10.1. The maximum Gasteiger partial charge on any atom is 0.503 e. The van der Waals surface area contributed by atoms with Gasteiger partial charge in [-0.25, -0.2) is 14.4 Å². The van der Waals surface area contributed by atoms with Crippen LogP contribution in [-0.2, 0) is 19.0 Å². The largest absolute Gasteiger partial charge is 0.503 e. The summed E-state index contributed by atoms with van der Waals surface area (Å²) in [5, 5.41) is 13.9. The third-order valence-electron chi connectivity index (χ3n) is 3.65. The first kappa shape index (κ1) is 21.4. The Hall–Kier alpha value is -2.66. The van der Waals surface area contributed by atoms with Crippen LogP contribution in [0.2, 0.25) is 0 Å². The molecule has 0 bridgehead atoms. The molecule has 0 saturated carbocycles. The van der Waals surface area contributed by atoms with E-state index in [0.717, 1.165) is 0 Å². The SMILES string of the molecule is COC(C)(C)C(=O)OCC1CCC(n2ccc(=O)[nH]c2=O)O1.O=C(O)O. The van der Waals surface area contributed by atoms with Gasteiger partial charge in [-0.05, 0) is 26.7 Å². The van der Waals surface area contributed by atoms with Gasteiger partial charge in [0.2, 0.25) is 0 Å². The molecule has 11 heteroatoms. The number of hydrogen-bond donors (Lipinski definition) is 3. The van der Waals surface area contributed by atoms with Crippen LogP contribution in [0.15, 0.2) is 21.9 Å². The van der Waals surface area contributed by atoms with E-state index in [2.05, 4.69) is 4.98 Å². The lowest BCUT2D eigenvalue weighted by Gasteiger charge is -2.22. The zero-order valence-corrected chi connectivity index (χ0v) is 14.6. The zero-order valence-electron chi connectivity index (χ0n) is 14.6. The molecule has 0 radical (unpaired) electrons. The van der Waals surface area contributed by atoms with E-state index in [1.54, 1.807) is 13.8 Å².